The fourth-order valence-electron chi connectivity index (χ4n) is 3.28. The van der Waals surface area contributed by atoms with Crippen molar-refractivity contribution < 1.29 is 24.5 Å². The molecule has 0 unspecified atom stereocenters. The molecule has 1 saturated heterocycles. The largest absolute Gasteiger partial charge is 0.478 e. The first-order valence-electron chi connectivity index (χ1n) is 9.90. The SMILES string of the molecule is CC(C)CCCC(C(=O)O)=C(CCCCCCN1CCOCC1)C(=O)O. The highest BCUT2D eigenvalue weighted by atomic mass is 16.5. The van der Waals surface area contributed by atoms with Crippen LogP contribution in [0.25, 0.3) is 0 Å². The van der Waals surface area contributed by atoms with E-state index in [1.54, 1.807) is 0 Å². The number of carboxylic acids is 2. The van der Waals surface area contributed by atoms with Crippen molar-refractivity contribution in [3.8, 4) is 0 Å². The molecule has 1 fully saturated rings. The molecule has 0 aromatic carbocycles. The number of carboxylic acid groups (broad SMARTS) is 2. The molecule has 1 rings (SSSR count). The smallest absolute Gasteiger partial charge is 0.332 e. The van der Waals surface area contributed by atoms with Gasteiger partial charge >= 0.3 is 11.9 Å². The maximum atomic E-state index is 11.5. The number of aliphatic carboxylic acids is 2. The standard InChI is InChI=1S/C20H35NO5/c1-16(2)8-7-10-18(20(24)25)17(19(22)23)9-5-3-4-6-11-21-12-14-26-15-13-21/h16H,3-15H2,1-2H3,(H,22,23)(H,24,25). The molecule has 1 aliphatic rings. The normalized spacial score (nSPS) is 16.6. The number of rotatable bonds is 13. The minimum atomic E-state index is -1.08. The van der Waals surface area contributed by atoms with Gasteiger partial charge in [0.15, 0.2) is 0 Å². The van der Waals surface area contributed by atoms with Gasteiger partial charge in [-0.25, -0.2) is 9.59 Å². The molecule has 6 heteroatoms. The number of nitrogens with zero attached hydrogens (tertiary/aromatic N) is 1. The van der Waals surface area contributed by atoms with Crippen LogP contribution in [0.15, 0.2) is 11.1 Å². The van der Waals surface area contributed by atoms with Gasteiger partial charge in [0, 0.05) is 24.2 Å². The number of unbranched alkanes of at least 4 members (excludes halogenated alkanes) is 3. The van der Waals surface area contributed by atoms with Gasteiger partial charge in [-0.15, -0.1) is 0 Å². The second-order valence-corrected chi connectivity index (χ2v) is 7.47. The van der Waals surface area contributed by atoms with Crippen LogP contribution in [0, 0.1) is 5.92 Å². The van der Waals surface area contributed by atoms with Crippen LogP contribution in [0.5, 0.6) is 0 Å². The zero-order valence-electron chi connectivity index (χ0n) is 16.3. The van der Waals surface area contributed by atoms with Crippen LogP contribution in [0.2, 0.25) is 0 Å². The molecule has 0 aromatic rings. The molecular formula is C20H35NO5. The average molecular weight is 370 g/mol. The minimum Gasteiger partial charge on any atom is -0.478 e. The lowest BCUT2D eigenvalue weighted by molar-refractivity contribution is -0.136. The highest BCUT2D eigenvalue weighted by Crippen LogP contribution is 2.21. The van der Waals surface area contributed by atoms with Crippen molar-refractivity contribution in [2.24, 2.45) is 5.92 Å². The molecule has 26 heavy (non-hydrogen) atoms. The Kier molecular flexibility index (Phi) is 11.2. The third kappa shape index (κ3) is 9.34. The number of ether oxygens (including phenoxy) is 1. The van der Waals surface area contributed by atoms with Crippen LogP contribution in [-0.2, 0) is 14.3 Å². The molecule has 0 spiro atoms. The Bertz CT molecular complexity index is 467. The van der Waals surface area contributed by atoms with Gasteiger partial charge < -0.3 is 14.9 Å². The summed E-state index contributed by atoms with van der Waals surface area (Å²) in [6, 6.07) is 0. The van der Waals surface area contributed by atoms with Gasteiger partial charge in [-0.05, 0) is 44.6 Å². The fourth-order valence-corrected chi connectivity index (χ4v) is 3.28. The lowest BCUT2D eigenvalue weighted by atomic mass is 9.95. The lowest BCUT2D eigenvalue weighted by Gasteiger charge is -2.26. The molecule has 0 bridgehead atoms. The molecule has 6 nitrogen and oxygen atoms in total. The number of carbonyl (C=O) groups is 2. The summed E-state index contributed by atoms with van der Waals surface area (Å²) in [6.07, 6.45) is 6.10. The second kappa shape index (κ2) is 12.9. The van der Waals surface area contributed by atoms with Crippen LogP contribution < -0.4 is 0 Å². The van der Waals surface area contributed by atoms with E-state index in [-0.39, 0.29) is 11.1 Å². The van der Waals surface area contributed by atoms with Crippen LogP contribution >= 0.6 is 0 Å². The molecule has 1 heterocycles. The van der Waals surface area contributed by atoms with E-state index in [4.69, 9.17) is 4.74 Å². The predicted molar refractivity (Wildman–Crippen MR) is 101 cm³/mol. The first-order chi connectivity index (χ1) is 12.4. The van der Waals surface area contributed by atoms with E-state index in [1.165, 1.54) is 0 Å². The topological polar surface area (TPSA) is 87.1 Å². The first kappa shape index (κ1) is 22.6. The molecule has 0 radical (unpaired) electrons. The van der Waals surface area contributed by atoms with Gasteiger partial charge in [0.05, 0.1) is 13.2 Å². The molecule has 1 aliphatic heterocycles. The molecule has 0 amide bonds. The molecule has 0 aliphatic carbocycles. The molecule has 150 valence electrons. The van der Waals surface area contributed by atoms with Gasteiger partial charge in [0.2, 0.25) is 0 Å². The van der Waals surface area contributed by atoms with E-state index in [2.05, 4.69) is 18.7 Å². The third-order valence-corrected chi connectivity index (χ3v) is 4.84. The van der Waals surface area contributed by atoms with Gasteiger partial charge in [-0.2, -0.15) is 0 Å². The van der Waals surface area contributed by atoms with Crippen LogP contribution in [0.4, 0.5) is 0 Å². The molecule has 0 saturated carbocycles. The van der Waals surface area contributed by atoms with Crippen LogP contribution in [0.1, 0.15) is 65.2 Å². The van der Waals surface area contributed by atoms with Gasteiger partial charge in [-0.3, -0.25) is 4.90 Å². The van der Waals surface area contributed by atoms with Crippen molar-refractivity contribution in [1.82, 2.24) is 4.90 Å². The molecule has 0 aromatic heterocycles. The van der Waals surface area contributed by atoms with E-state index < -0.39 is 11.9 Å². The Morgan fingerprint density at radius 1 is 0.885 bits per heavy atom. The summed E-state index contributed by atoms with van der Waals surface area (Å²) >= 11 is 0. The van der Waals surface area contributed by atoms with Crippen molar-refractivity contribution in [2.45, 2.75) is 65.2 Å². The van der Waals surface area contributed by atoms with Crippen molar-refractivity contribution in [3.63, 3.8) is 0 Å². The van der Waals surface area contributed by atoms with E-state index >= 15 is 0 Å². The van der Waals surface area contributed by atoms with Gasteiger partial charge in [0.25, 0.3) is 0 Å². The summed E-state index contributed by atoms with van der Waals surface area (Å²) in [6.45, 7) is 8.82. The Morgan fingerprint density at radius 3 is 1.96 bits per heavy atom. The maximum absolute atomic E-state index is 11.5. The number of hydrogen-bond donors (Lipinski definition) is 2. The van der Waals surface area contributed by atoms with E-state index in [9.17, 15) is 19.8 Å². The maximum Gasteiger partial charge on any atom is 0.332 e. The minimum absolute atomic E-state index is 0.0893. The average Bonchev–Trinajstić information content (AvgIpc) is 2.59. The predicted octanol–water partition coefficient (Wildman–Crippen LogP) is 3.56. The molecular weight excluding hydrogens is 334 g/mol. The Morgan fingerprint density at radius 2 is 1.42 bits per heavy atom. The van der Waals surface area contributed by atoms with Crippen molar-refractivity contribution in [2.75, 3.05) is 32.8 Å². The summed E-state index contributed by atoms with van der Waals surface area (Å²) in [4.78, 5) is 25.4. The summed E-state index contributed by atoms with van der Waals surface area (Å²) in [7, 11) is 0. The Labute approximate surface area is 157 Å². The third-order valence-electron chi connectivity index (χ3n) is 4.84. The second-order valence-electron chi connectivity index (χ2n) is 7.47. The van der Waals surface area contributed by atoms with Crippen molar-refractivity contribution >= 4 is 11.9 Å². The van der Waals surface area contributed by atoms with E-state index in [0.29, 0.717) is 18.8 Å². The molecule has 0 atom stereocenters. The fraction of sp³-hybridized carbons (Fsp3) is 0.800. The van der Waals surface area contributed by atoms with Crippen LogP contribution in [0.3, 0.4) is 0 Å². The van der Waals surface area contributed by atoms with Crippen molar-refractivity contribution in [3.05, 3.63) is 11.1 Å². The van der Waals surface area contributed by atoms with E-state index in [0.717, 1.165) is 71.4 Å². The van der Waals surface area contributed by atoms with E-state index in [1.807, 2.05) is 0 Å². The zero-order chi connectivity index (χ0) is 19.4. The highest BCUT2D eigenvalue weighted by Gasteiger charge is 2.19. The van der Waals surface area contributed by atoms with Gasteiger partial charge in [0.1, 0.15) is 0 Å². The quantitative estimate of drug-likeness (QED) is 0.381. The molecule has 2 N–H and O–H groups in total. The number of hydrogen-bond acceptors (Lipinski definition) is 4. The first-order valence-corrected chi connectivity index (χ1v) is 9.90. The Balaban J connectivity index is 2.38. The highest BCUT2D eigenvalue weighted by molar-refractivity contribution is 5.98. The lowest BCUT2D eigenvalue weighted by Crippen LogP contribution is -2.36. The summed E-state index contributed by atoms with van der Waals surface area (Å²) in [5, 5.41) is 18.8. The Hall–Kier alpha value is -1.40. The summed E-state index contributed by atoms with van der Waals surface area (Å²) in [5.74, 6) is -1.68. The summed E-state index contributed by atoms with van der Waals surface area (Å²) < 4.78 is 5.33. The van der Waals surface area contributed by atoms with Crippen LogP contribution in [-0.4, -0.2) is 59.9 Å². The summed E-state index contributed by atoms with van der Waals surface area (Å²) in [5.41, 5.74) is 0.181. The monoisotopic (exact) mass is 369 g/mol. The van der Waals surface area contributed by atoms with Gasteiger partial charge in [-0.1, -0.05) is 33.1 Å². The van der Waals surface area contributed by atoms with Crippen molar-refractivity contribution in [1.29, 1.82) is 0 Å². The number of morpholine rings is 1. The zero-order valence-corrected chi connectivity index (χ0v) is 16.3.